The highest BCUT2D eigenvalue weighted by Crippen LogP contribution is 2.34. The second-order valence-electron chi connectivity index (χ2n) is 6.00. The van der Waals surface area contributed by atoms with Gasteiger partial charge in [-0.05, 0) is 23.8 Å². The van der Waals surface area contributed by atoms with Gasteiger partial charge in [0.2, 0.25) is 5.43 Å². The van der Waals surface area contributed by atoms with Gasteiger partial charge < -0.3 is 24.5 Å². The lowest BCUT2D eigenvalue weighted by Crippen LogP contribution is -2.05. The Morgan fingerprint density at radius 3 is 2.37 bits per heavy atom. The van der Waals surface area contributed by atoms with Crippen molar-refractivity contribution in [2.75, 3.05) is 0 Å². The van der Waals surface area contributed by atoms with Crippen molar-refractivity contribution >= 4 is 37.9 Å². The van der Waals surface area contributed by atoms with E-state index in [9.17, 15) is 20.1 Å². The number of aromatic hydroxyl groups is 3. The molecule has 0 aliphatic heterocycles. The Morgan fingerprint density at radius 1 is 0.926 bits per heavy atom. The molecule has 0 aliphatic rings. The van der Waals surface area contributed by atoms with Crippen LogP contribution in [-0.2, 0) is 6.61 Å². The maximum atomic E-state index is 12.9. The van der Waals surface area contributed by atoms with E-state index in [-0.39, 0.29) is 40.0 Å². The van der Waals surface area contributed by atoms with Crippen molar-refractivity contribution in [2.45, 2.75) is 6.61 Å². The molecule has 1 aromatic heterocycles. The van der Waals surface area contributed by atoms with E-state index in [4.69, 9.17) is 9.15 Å². The van der Waals surface area contributed by atoms with E-state index in [1.54, 1.807) is 0 Å². The van der Waals surface area contributed by atoms with Gasteiger partial charge in [-0.15, -0.1) is 0 Å². The standard InChI is InChI=1S/C20H13BrO6/c21-11-3-1-10(2-4-11)9-26-17-5-12(22)6-18-19(17)20(25)13-7-14(23)15(24)8-16(13)27-18/h1-8,22-24H,9H2. The quantitative estimate of drug-likeness (QED) is 0.330. The van der Waals surface area contributed by atoms with Crippen molar-refractivity contribution in [1.82, 2.24) is 0 Å². The van der Waals surface area contributed by atoms with Crippen LogP contribution < -0.4 is 10.2 Å². The van der Waals surface area contributed by atoms with Crippen LogP contribution in [0.4, 0.5) is 0 Å². The van der Waals surface area contributed by atoms with E-state index in [0.29, 0.717) is 0 Å². The zero-order valence-electron chi connectivity index (χ0n) is 13.8. The first kappa shape index (κ1) is 17.2. The molecule has 1 heterocycles. The molecule has 0 saturated carbocycles. The maximum Gasteiger partial charge on any atom is 0.204 e. The minimum absolute atomic E-state index is 0.0901. The third kappa shape index (κ3) is 3.17. The van der Waals surface area contributed by atoms with Gasteiger partial charge in [0.1, 0.15) is 34.7 Å². The highest BCUT2D eigenvalue weighted by Gasteiger charge is 2.16. The molecule has 4 rings (SSSR count). The largest absolute Gasteiger partial charge is 0.508 e. The summed E-state index contributed by atoms with van der Waals surface area (Å²) in [5, 5.41) is 29.5. The number of rotatable bonds is 3. The summed E-state index contributed by atoms with van der Waals surface area (Å²) >= 11 is 3.36. The lowest BCUT2D eigenvalue weighted by molar-refractivity contribution is 0.308. The first-order valence-electron chi connectivity index (χ1n) is 7.95. The normalized spacial score (nSPS) is 11.1. The van der Waals surface area contributed by atoms with Crippen molar-refractivity contribution in [3.05, 3.63) is 68.8 Å². The van der Waals surface area contributed by atoms with Gasteiger partial charge in [0.05, 0.1) is 5.39 Å². The predicted molar refractivity (Wildman–Crippen MR) is 103 cm³/mol. The number of ether oxygens (including phenoxy) is 1. The summed E-state index contributed by atoms with van der Waals surface area (Å²) in [5.41, 5.74) is 0.644. The molecule has 6 nitrogen and oxygen atoms in total. The number of benzene rings is 3. The Bertz CT molecular complexity index is 1230. The number of phenols is 3. The van der Waals surface area contributed by atoms with Gasteiger partial charge in [-0.1, -0.05) is 28.1 Å². The van der Waals surface area contributed by atoms with Gasteiger partial charge in [-0.2, -0.15) is 0 Å². The first-order chi connectivity index (χ1) is 12.9. The molecule has 0 radical (unpaired) electrons. The molecule has 0 bridgehead atoms. The second kappa shape index (κ2) is 6.51. The highest BCUT2D eigenvalue weighted by molar-refractivity contribution is 9.10. The Hall–Kier alpha value is -3.19. The molecular weight excluding hydrogens is 416 g/mol. The fraction of sp³-hybridized carbons (Fsp3) is 0.0500. The Kier molecular flexibility index (Phi) is 4.16. The van der Waals surface area contributed by atoms with Crippen LogP contribution in [0.2, 0.25) is 0 Å². The molecule has 0 aliphatic carbocycles. The Balaban J connectivity index is 1.86. The van der Waals surface area contributed by atoms with Crippen LogP contribution in [0.15, 0.2) is 62.2 Å². The van der Waals surface area contributed by atoms with Crippen molar-refractivity contribution < 1.29 is 24.5 Å². The molecule has 3 N–H and O–H groups in total. The summed E-state index contributed by atoms with van der Waals surface area (Å²) in [6.07, 6.45) is 0. The van der Waals surface area contributed by atoms with E-state index >= 15 is 0 Å². The molecule has 4 aromatic rings. The highest BCUT2D eigenvalue weighted by atomic mass is 79.9. The average molecular weight is 429 g/mol. The first-order valence-corrected chi connectivity index (χ1v) is 8.74. The minimum Gasteiger partial charge on any atom is -0.508 e. The van der Waals surface area contributed by atoms with Crippen LogP contribution in [0.25, 0.3) is 21.9 Å². The topological polar surface area (TPSA) is 100 Å². The molecule has 7 heteroatoms. The Labute approximate surface area is 161 Å². The number of halogens is 1. The predicted octanol–water partition coefficient (Wildman–Crippen LogP) is 4.40. The molecule has 0 spiro atoms. The molecule has 27 heavy (non-hydrogen) atoms. The summed E-state index contributed by atoms with van der Waals surface area (Å²) in [5.74, 6) is -0.794. The van der Waals surface area contributed by atoms with Crippen LogP contribution in [0, 0.1) is 0 Å². The lowest BCUT2D eigenvalue weighted by Gasteiger charge is -2.11. The SMILES string of the molecule is O=c1c2cc(O)c(O)cc2oc2cc(O)cc(OCc3ccc(Br)cc3)c12. The minimum atomic E-state index is -0.438. The van der Waals surface area contributed by atoms with Gasteiger partial charge in [0.25, 0.3) is 0 Å². The van der Waals surface area contributed by atoms with Crippen molar-refractivity contribution in [3.63, 3.8) is 0 Å². The molecule has 136 valence electrons. The fourth-order valence-electron chi connectivity index (χ4n) is 2.81. The van der Waals surface area contributed by atoms with Crippen LogP contribution in [0.5, 0.6) is 23.0 Å². The lowest BCUT2D eigenvalue weighted by atomic mass is 10.1. The number of phenolic OH excluding ortho intramolecular Hbond substituents is 3. The monoisotopic (exact) mass is 428 g/mol. The zero-order chi connectivity index (χ0) is 19.1. The van der Waals surface area contributed by atoms with E-state index in [2.05, 4.69) is 15.9 Å². The summed E-state index contributed by atoms with van der Waals surface area (Å²) in [6, 6.07) is 12.4. The molecule has 0 unspecified atom stereocenters. The van der Waals surface area contributed by atoms with Crippen molar-refractivity contribution in [1.29, 1.82) is 0 Å². The van der Waals surface area contributed by atoms with Crippen LogP contribution in [0.1, 0.15) is 5.56 Å². The molecular formula is C20H13BrO6. The van der Waals surface area contributed by atoms with Gasteiger partial charge in [-0.25, -0.2) is 0 Å². The van der Waals surface area contributed by atoms with Crippen molar-refractivity contribution in [2.24, 2.45) is 0 Å². The molecule has 0 fully saturated rings. The van der Waals surface area contributed by atoms with Gasteiger partial charge in [0, 0.05) is 22.7 Å². The van der Waals surface area contributed by atoms with E-state index < -0.39 is 16.9 Å². The fourth-order valence-corrected chi connectivity index (χ4v) is 3.07. The zero-order valence-corrected chi connectivity index (χ0v) is 15.4. The molecule has 0 saturated heterocycles. The third-order valence-corrected chi connectivity index (χ3v) is 4.66. The number of hydrogen-bond donors (Lipinski definition) is 3. The van der Waals surface area contributed by atoms with Gasteiger partial charge in [0.15, 0.2) is 11.5 Å². The molecule has 0 amide bonds. The summed E-state index contributed by atoms with van der Waals surface area (Å²) in [7, 11) is 0. The van der Waals surface area contributed by atoms with Gasteiger partial charge >= 0.3 is 0 Å². The second-order valence-corrected chi connectivity index (χ2v) is 6.92. The number of fused-ring (bicyclic) bond motifs is 2. The summed E-state index contributed by atoms with van der Waals surface area (Å²) < 4.78 is 12.3. The third-order valence-electron chi connectivity index (χ3n) is 4.13. The number of hydrogen-bond acceptors (Lipinski definition) is 6. The summed E-state index contributed by atoms with van der Waals surface area (Å²) in [6.45, 7) is 0.185. The van der Waals surface area contributed by atoms with E-state index in [1.165, 1.54) is 12.1 Å². The molecule has 0 atom stereocenters. The smallest absolute Gasteiger partial charge is 0.204 e. The van der Waals surface area contributed by atoms with E-state index in [0.717, 1.165) is 22.2 Å². The van der Waals surface area contributed by atoms with Gasteiger partial charge in [-0.3, -0.25) is 4.79 Å². The van der Waals surface area contributed by atoms with Crippen LogP contribution in [-0.4, -0.2) is 15.3 Å². The van der Waals surface area contributed by atoms with E-state index in [1.807, 2.05) is 24.3 Å². The Morgan fingerprint density at radius 2 is 1.63 bits per heavy atom. The molecule has 3 aromatic carbocycles. The van der Waals surface area contributed by atoms with Crippen LogP contribution in [0.3, 0.4) is 0 Å². The average Bonchev–Trinajstić information content (AvgIpc) is 2.62. The maximum absolute atomic E-state index is 12.9. The van der Waals surface area contributed by atoms with Crippen LogP contribution >= 0.6 is 15.9 Å². The van der Waals surface area contributed by atoms with Crippen molar-refractivity contribution in [3.8, 4) is 23.0 Å². The summed E-state index contributed by atoms with van der Waals surface area (Å²) in [4.78, 5) is 12.9.